The summed E-state index contributed by atoms with van der Waals surface area (Å²) >= 11 is 0. The van der Waals surface area contributed by atoms with Crippen LogP contribution in [0.15, 0.2) is 0 Å². The van der Waals surface area contributed by atoms with Crippen LogP contribution >= 0.6 is 0 Å². The molecule has 0 bridgehead atoms. The third-order valence-electron chi connectivity index (χ3n) is 3.05. The highest BCUT2D eigenvalue weighted by molar-refractivity contribution is 5.77. The molecule has 1 saturated carbocycles. The Morgan fingerprint density at radius 2 is 2.00 bits per heavy atom. The first-order chi connectivity index (χ1) is 6.60. The number of rotatable bonds is 4. The van der Waals surface area contributed by atoms with Crippen LogP contribution in [0.3, 0.4) is 0 Å². The number of carbonyl (C=O) groups is 1. The molecule has 3 nitrogen and oxygen atoms in total. The Hall–Kier alpha value is -0.570. The SMILES string of the molecule is CCC(C)OC1(C(=O)O)CCCCC1. The molecule has 0 saturated heterocycles. The molecule has 1 unspecified atom stereocenters. The van der Waals surface area contributed by atoms with E-state index in [0.29, 0.717) is 12.8 Å². The van der Waals surface area contributed by atoms with E-state index in [-0.39, 0.29) is 6.10 Å². The second-order valence-electron chi connectivity index (χ2n) is 4.20. The van der Waals surface area contributed by atoms with Crippen molar-refractivity contribution in [1.29, 1.82) is 0 Å². The average molecular weight is 200 g/mol. The second-order valence-corrected chi connectivity index (χ2v) is 4.20. The summed E-state index contributed by atoms with van der Waals surface area (Å²) < 4.78 is 5.69. The largest absolute Gasteiger partial charge is 0.479 e. The maximum Gasteiger partial charge on any atom is 0.335 e. The van der Waals surface area contributed by atoms with Crippen LogP contribution in [-0.4, -0.2) is 22.8 Å². The summed E-state index contributed by atoms with van der Waals surface area (Å²) in [5.74, 6) is -0.780. The quantitative estimate of drug-likeness (QED) is 0.758. The van der Waals surface area contributed by atoms with Gasteiger partial charge in [0.25, 0.3) is 0 Å². The number of hydrogen-bond donors (Lipinski definition) is 1. The highest BCUT2D eigenvalue weighted by Crippen LogP contribution is 2.33. The van der Waals surface area contributed by atoms with Gasteiger partial charge in [0.15, 0.2) is 5.60 Å². The van der Waals surface area contributed by atoms with E-state index in [4.69, 9.17) is 4.74 Å². The molecule has 1 N–H and O–H groups in total. The summed E-state index contributed by atoms with van der Waals surface area (Å²) in [6.45, 7) is 3.96. The molecule has 1 fully saturated rings. The molecular formula is C11H20O3. The minimum absolute atomic E-state index is 0.0456. The molecular weight excluding hydrogens is 180 g/mol. The van der Waals surface area contributed by atoms with Gasteiger partial charge in [0.05, 0.1) is 6.10 Å². The standard InChI is InChI=1S/C11H20O3/c1-3-9(2)14-11(10(12)13)7-5-4-6-8-11/h9H,3-8H2,1-2H3,(H,12,13). The minimum atomic E-state index is -0.881. The van der Waals surface area contributed by atoms with Gasteiger partial charge in [-0.3, -0.25) is 0 Å². The molecule has 0 aromatic carbocycles. The predicted octanol–water partition coefficient (Wildman–Crippen LogP) is 2.59. The lowest BCUT2D eigenvalue weighted by atomic mass is 9.84. The summed E-state index contributed by atoms with van der Waals surface area (Å²) in [6.07, 6.45) is 5.35. The van der Waals surface area contributed by atoms with Crippen molar-refractivity contribution < 1.29 is 14.6 Å². The summed E-state index contributed by atoms with van der Waals surface area (Å²) in [5.41, 5.74) is -0.881. The molecule has 3 heteroatoms. The molecule has 0 aliphatic heterocycles. The fourth-order valence-corrected chi connectivity index (χ4v) is 1.97. The topological polar surface area (TPSA) is 46.5 Å². The third kappa shape index (κ3) is 2.47. The minimum Gasteiger partial charge on any atom is -0.479 e. The molecule has 1 aliphatic rings. The van der Waals surface area contributed by atoms with E-state index in [2.05, 4.69) is 0 Å². The third-order valence-corrected chi connectivity index (χ3v) is 3.05. The van der Waals surface area contributed by atoms with Crippen LogP contribution < -0.4 is 0 Å². The molecule has 14 heavy (non-hydrogen) atoms. The van der Waals surface area contributed by atoms with Crippen molar-refractivity contribution in [1.82, 2.24) is 0 Å². The number of hydrogen-bond acceptors (Lipinski definition) is 2. The average Bonchev–Trinajstić information content (AvgIpc) is 2.19. The van der Waals surface area contributed by atoms with Crippen molar-refractivity contribution in [3.8, 4) is 0 Å². The highest BCUT2D eigenvalue weighted by atomic mass is 16.5. The first kappa shape index (κ1) is 11.5. The van der Waals surface area contributed by atoms with Gasteiger partial charge in [-0.15, -0.1) is 0 Å². The number of aliphatic carboxylic acids is 1. The van der Waals surface area contributed by atoms with E-state index in [1.165, 1.54) is 0 Å². The molecule has 0 spiro atoms. The zero-order valence-corrected chi connectivity index (χ0v) is 9.08. The maximum atomic E-state index is 11.2. The van der Waals surface area contributed by atoms with Gasteiger partial charge in [-0.1, -0.05) is 13.3 Å². The van der Waals surface area contributed by atoms with Crippen LogP contribution in [0.25, 0.3) is 0 Å². The molecule has 0 radical (unpaired) electrons. The molecule has 0 heterocycles. The van der Waals surface area contributed by atoms with Gasteiger partial charge in [0.2, 0.25) is 0 Å². The first-order valence-corrected chi connectivity index (χ1v) is 5.52. The van der Waals surface area contributed by atoms with Crippen LogP contribution in [-0.2, 0) is 9.53 Å². The molecule has 0 amide bonds. The first-order valence-electron chi connectivity index (χ1n) is 5.52. The Morgan fingerprint density at radius 1 is 1.43 bits per heavy atom. The monoisotopic (exact) mass is 200 g/mol. The molecule has 0 aromatic heterocycles. The lowest BCUT2D eigenvalue weighted by Crippen LogP contribution is -2.45. The number of carboxylic acid groups (broad SMARTS) is 1. The zero-order chi connectivity index (χ0) is 10.6. The molecule has 0 aromatic rings. The second kappa shape index (κ2) is 4.78. The van der Waals surface area contributed by atoms with Gasteiger partial charge in [-0.25, -0.2) is 4.79 Å². The molecule has 82 valence electrons. The smallest absolute Gasteiger partial charge is 0.335 e. The Morgan fingerprint density at radius 3 is 2.43 bits per heavy atom. The van der Waals surface area contributed by atoms with Crippen molar-refractivity contribution >= 4 is 5.97 Å². The van der Waals surface area contributed by atoms with E-state index < -0.39 is 11.6 Å². The van der Waals surface area contributed by atoms with Crippen LogP contribution in [0.2, 0.25) is 0 Å². The van der Waals surface area contributed by atoms with E-state index in [1.807, 2.05) is 13.8 Å². The van der Waals surface area contributed by atoms with Crippen molar-refractivity contribution in [2.75, 3.05) is 0 Å². The van der Waals surface area contributed by atoms with Gasteiger partial charge in [-0.05, 0) is 39.0 Å². The number of carboxylic acids is 1. The predicted molar refractivity (Wildman–Crippen MR) is 54.3 cm³/mol. The maximum absolute atomic E-state index is 11.2. The van der Waals surface area contributed by atoms with Crippen molar-refractivity contribution in [3.05, 3.63) is 0 Å². The van der Waals surface area contributed by atoms with E-state index in [0.717, 1.165) is 25.7 Å². The van der Waals surface area contributed by atoms with Gasteiger partial charge in [-0.2, -0.15) is 0 Å². The Bertz CT molecular complexity index is 195. The van der Waals surface area contributed by atoms with Gasteiger partial charge in [0.1, 0.15) is 0 Å². The molecule has 1 rings (SSSR count). The normalized spacial score (nSPS) is 23.0. The van der Waals surface area contributed by atoms with Crippen molar-refractivity contribution in [2.45, 2.75) is 64.1 Å². The molecule has 1 aliphatic carbocycles. The Labute approximate surface area is 85.5 Å². The fraction of sp³-hybridized carbons (Fsp3) is 0.909. The van der Waals surface area contributed by atoms with E-state index in [9.17, 15) is 9.90 Å². The van der Waals surface area contributed by atoms with E-state index in [1.54, 1.807) is 0 Å². The highest BCUT2D eigenvalue weighted by Gasteiger charge is 2.41. The zero-order valence-electron chi connectivity index (χ0n) is 9.08. The summed E-state index contributed by atoms with van der Waals surface area (Å²) in [6, 6.07) is 0. The summed E-state index contributed by atoms with van der Waals surface area (Å²) in [4.78, 5) is 11.2. The molecule has 1 atom stereocenters. The van der Waals surface area contributed by atoms with Crippen LogP contribution in [0.4, 0.5) is 0 Å². The summed E-state index contributed by atoms with van der Waals surface area (Å²) in [7, 11) is 0. The van der Waals surface area contributed by atoms with Crippen molar-refractivity contribution in [3.63, 3.8) is 0 Å². The van der Waals surface area contributed by atoms with Crippen LogP contribution in [0, 0.1) is 0 Å². The van der Waals surface area contributed by atoms with Gasteiger partial charge >= 0.3 is 5.97 Å². The van der Waals surface area contributed by atoms with Crippen LogP contribution in [0.5, 0.6) is 0 Å². The van der Waals surface area contributed by atoms with Crippen LogP contribution in [0.1, 0.15) is 52.4 Å². The number of ether oxygens (including phenoxy) is 1. The lowest BCUT2D eigenvalue weighted by molar-refractivity contribution is -0.178. The van der Waals surface area contributed by atoms with Gasteiger partial charge in [0, 0.05) is 0 Å². The van der Waals surface area contributed by atoms with Crippen molar-refractivity contribution in [2.24, 2.45) is 0 Å². The Kier molecular flexibility index (Phi) is 3.93. The van der Waals surface area contributed by atoms with E-state index >= 15 is 0 Å². The lowest BCUT2D eigenvalue weighted by Gasteiger charge is -2.35. The summed E-state index contributed by atoms with van der Waals surface area (Å²) in [5, 5.41) is 9.21. The fourth-order valence-electron chi connectivity index (χ4n) is 1.97. The van der Waals surface area contributed by atoms with Gasteiger partial charge < -0.3 is 9.84 Å². The Balaban J connectivity index is 2.65.